The average molecular weight is 2330 g/mol. The third-order valence-corrected chi connectivity index (χ3v) is 18.6. The molecule has 0 atom stereocenters. The van der Waals surface area contributed by atoms with E-state index in [9.17, 15) is 0 Å². The molecule has 0 N–H and O–H groups in total. The Kier molecular flexibility index (Phi) is 27.0. The molecule has 0 aliphatic rings. The minimum Gasteiger partial charge on any atom is -0.489 e. The van der Waals surface area contributed by atoms with Crippen molar-refractivity contribution in [2.75, 3.05) is 0 Å². The average Bonchev–Trinajstić information content (AvgIpc) is 1.66. The summed E-state index contributed by atoms with van der Waals surface area (Å²) in [5.74, 6) is 6.12. The summed E-state index contributed by atoms with van der Waals surface area (Å²) in [6.45, 7) is 32.7. The number of aryl methyl sites for hydroxylation is 6. The Balaban J connectivity index is 0.000000155. The first kappa shape index (κ1) is 81.1. The smallest absolute Gasteiger partial charge is 0.180 e. The van der Waals surface area contributed by atoms with Crippen LogP contribution < -0.4 is 5.19 Å². The Bertz CT molecular complexity index is 5990. The van der Waals surface area contributed by atoms with E-state index in [2.05, 4.69) is 163 Å². The molecule has 0 amide bonds. The molecule has 0 aliphatic carbocycles. The molecular weight excluding hydrogens is 2280 g/mol. The normalized spacial score (nSPS) is 10.6. The maximum Gasteiger partial charge on any atom is 0.180 e. The summed E-state index contributed by atoms with van der Waals surface area (Å²) in [7, 11) is -1.48. The van der Waals surface area contributed by atoms with Gasteiger partial charge in [0, 0.05) is 234 Å². The third kappa shape index (κ3) is 18.5. The Labute approximate surface area is 686 Å². The molecule has 0 aliphatic heterocycles. The number of oxazole rings is 6. The molecule has 10 aromatic heterocycles. The van der Waals surface area contributed by atoms with Crippen LogP contribution >= 0.6 is 11.3 Å². The fraction of sp³-hybridized carbons (Fsp3) is 0.114. The minimum atomic E-state index is -1.48. The Hall–Kier alpha value is -9.98. The predicted molar refractivity (Wildman–Crippen MR) is 392 cm³/mol. The van der Waals surface area contributed by atoms with Gasteiger partial charge in [0.15, 0.2) is 40.8 Å². The summed E-state index contributed by atoms with van der Waals surface area (Å²) in [4.78, 5) is 50.2. The van der Waals surface area contributed by atoms with Crippen LogP contribution in [0.2, 0.25) is 19.6 Å². The van der Waals surface area contributed by atoms with Crippen LogP contribution in [0.1, 0.15) is 35.0 Å². The molecule has 18 rings (SSSR count). The van der Waals surface area contributed by atoms with Gasteiger partial charge in [0.1, 0.15) is 5.89 Å². The Morgan fingerprint density at radius 2 is 0.860 bits per heavy atom. The number of hydrogen-bond donors (Lipinski definition) is 0. The van der Waals surface area contributed by atoms with E-state index in [-0.39, 0.29) is 101 Å². The van der Waals surface area contributed by atoms with Gasteiger partial charge in [-0.05, 0) is 48.0 Å². The minimum absolute atomic E-state index is 0. The van der Waals surface area contributed by atoms with Crippen molar-refractivity contribution < 1.29 is 127 Å². The number of imidazole rings is 3. The molecule has 107 heavy (non-hydrogen) atoms. The molecule has 0 saturated carbocycles. The summed E-state index contributed by atoms with van der Waals surface area (Å²) >= 11 is 1.59. The first-order valence-corrected chi connectivity index (χ1v) is 36.3. The Morgan fingerprint density at radius 3 is 1.36 bits per heavy atom. The topological polar surface area (TPSA) is 231 Å². The molecule has 5 radical (unpaired) electrons. The second-order valence-electron chi connectivity index (χ2n) is 24.2. The SMILES string of the molecule is Cc1cccc(-n2ccnc2-c2[c-]cc3nc(C)oc3c2)c1.Cc1nc2cc(-c3nccn3-c3ccccc3[Si](C)(C)C)[c-]cc2o1.Cc1nc2cc(-c3ncco3)[c-]cc2o1.Cc1nc2cc(-c3nccs3)[c-]cc2o1.[C-]#[N+]c1cc([N+]#[C-])cc(-n2ccnc2-c2[c-]cc3oc(C)nc3c2)c1.[Ir].[Ir].[Ir].[Ir].[Ir]. The second-order valence-corrected chi connectivity index (χ2v) is 30.2. The van der Waals surface area contributed by atoms with E-state index in [0.717, 1.165) is 100 Å². The first-order chi connectivity index (χ1) is 49.5. The van der Waals surface area contributed by atoms with E-state index in [4.69, 9.17) is 39.6 Å². The molecule has 0 bridgehead atoms. The van der Waals surface area contributed by atoms with Gasteiger partial charge in [0.2, 0.25) is 0 Å². The van der Waals surface area contributed by atoms with Crippen LogP contribution in [-0.2, 0) is 101 Å². The van der Waals surface area contributed by atoms with E-state index < -0.39 is 8.07 Å². The van der Waals surface area contributed by atoms with Crippen molar-refractivity contribution >= 4 is 91.5 Å². The van der Waals surface area contributed by atoms with E-state index >= 15 is 0 Å². The summed E-state index contributed by atoms with van der Waals surface area (Å²) in [6, 6.07) is 56.4. The molecule has 0 spiro atoms. The molecule has 18 aromatic rings. The van der Waals surface area contributed by atoms with Gasteiger partial charge in [-0.2, -0.15) is 11.3 Å². The van der Waals surface area contributed by atoms with Crippen LogP contribution in [0.25, 0.3) is 138 Å². The van der Waals surface area contributed by atoms with E-state index in [0.29, 0.717) is 63.8 Å². The van der Waals surface area contributed by atoms with Crippen LogP contribution in [0.5, 0.6) is 0 Å². The predicted octanol–water partition coefficient (Wildman–Crippen LogP) is 19.0. The standard InChI is InChI=1S/C20H20N3OSi.C19H10N5O.C18H14N3O.C11H7N2O2.C11H7N2OS.5Ir/c1-14-22-16-13-15(9-10-18(16)24-14)20-21-11-12-23(20)17-7-5-6-8-19(17)25(2,3)4;1-12-23-17-8-13(4-5-18(17)25-12)19-22-6-7-24(19)16-10-14(20-2)9-15(11-16)21-3;1-12-4-3-5-15(10-12)21-9-8-19-18(21)14-6-7-16-17(11-14)22-13(2)20-16;1-7-13-9-6-8(2-3-10(9)15-7)11-12-4-5-14-11;1-7-13-9-6-8(2-3-10(9)14-7)11-12-4-5-15-11;;;;;/h5-8,10-13H,1-4H3;5-11H,1H3;3-5,7-11H,1-2H3;2*3-6H,1H3;;;;;/q5*-1;;;;;. The van der Waals surface area contributed by atoms with Crippen molar-refractivity contribution in [3.8, 4) is 73.3 Å². The van der Waals surface area contributed by atoms with Gasteiger partial charge in [0.25, 0.3) is 0 Å². The molecule has 0 saturated heterocycles. The number of para-hydroxylation sites is 1. The van der Waals surface area contributed by atoms with Crippen LogP contribution in [0, 0.1) is 85.0 Å². The maximum absolute atomic E-state index is 7.22. The van der Waals surface area contributed by atoms with Crippen LogP contribution in [0.4, 0.5) is 11.4 Å². The number of benzene rings is 8. The number of rotatable bonds is 9. The zero-order chi connectivity index (χ0) is 70.6. The quantitative estimate of drug-likeness (QED) is 0.0965. The largest absolute Gasteiger partial charge is 0.489 e. The van der Waals surface area contributed by atoms with E-state index in [1.807, 2.05) is 115 Å². The van der Waals surface area contributed by atoms with Crippen molar-refractivity contribution in [1.29, 1.82) is 0 Å². The Morgan fingerprint density at radius 1 is 0.411 bits per heavy atom. The fourth-order valence-corrected chi connectivity index (χ4v) is 13.5. The second kappa shape index (κ2) is 35.6. The van der Waals surface area contributed by atoms with Gasteiger partial charge in [0.05, 0.1) is 79.1 Å². The summed E-state index contributed by atoms with van der Waals surface area (Å²) in [5.41, 5.74) is 17.0. The summed E-state index contributed by atoms with van der Waals surface area (Å²) < 4.78 is 38.6. The van der Waals surface area contributed by atoms with E-state index in [1.165, 1.54) is 22.7 Å². The molecule has 21 nitrogen and oxygen atoms in total. The number of fused-ring (bicyclic) bond motifs is 5. The number of aromatic nitrogens is 13. The zero-order valence-corrected chi connectivity index (χ0v) is 71.9. The van der Waals surface area contributed by atoms with Crippen molar-refractivity contribution in [2.24, 2.45) is 0 Å². The van der Waals surface area contributed by atoms with Crippen LogP contribution in [0.3, 0.4) is 0 Å². The monoisotopic (exact) mass is 2340 g/mol. The van der Waals surface area contributed by atoms with Gasteiger partial charge >= 0.3 is 0 Å². The number of hydrogen-bond acceptors (Lipinski definition) is 17. The van der Waals surface area contributed by atoms with Crippen LogP contribution in [-0.4, -0.2) is 71.6 Å². The summed E-state index contributed by atoms with van der Waals surface area (Å²) in [5, 5.41) is 4.31. The van der Waals surface area contributed by atoms with Crippen LogP contribution in [0.15, 0.2) is 215 Å². The number of nitrogens with zero attached hydrogens (tertiary/aromatic N) is 15. The summed E-state index contributed by atoms with van der Waals surface area (Å²) in [6.07, 6.45) is 16.0. The number of thiazole rings is 1. The maximum atomic E-state index is 7.22. The molecule has 0 unspecified atom stereocenters. The fourth-order valence-electron chi connectivity index (χ4n) is 11.3. The molecule has 0 fully saturated rings. The molecule has 28 heteroatoms. The van der Waals surface area contributed by atoms with Gasteiger partial charge in [-0.1, -0.05) is 67.7 Å². The van der Waals surface area contributed by atoms with Crippen molar-refractivity contribution in [3.05, 3.63) is 277 Å². The molecule has 10 heterocycles. The van der Waals surface area contributed by atoms with Crippen molar-refractivity contribution in [2.45, 2.75) is 61.2 Å². The van der Waals surface area contributed by atoms with Gasteiger partial charge in [-0.3, -0.25) is 29.9 Å². The van der Waals surface area contributed by atoms with Gasteiger partial charge in [-0.15, -0.1) is 107 Å². The van der Waals surface area contributed by atoms with Crippen molar-refractivity contribution in [3.63, 3.8) is 0 Å². The van der Waals surface area contributed by atoms with Gasteiger partial charge < -0.3 is 40.2 Å². The zero-order valence-electron chi connectivity index (χ0n) is 58.1. The first-order valence-electron chi connectivity index (χ1n) is 31.9. The van der Waals surface area contributed by atoms with Crippen molar-refractivity contribution in [1.82, 2.24) is 63.5 Å². The molecular formula is C79H58Ir5N15O6SSi-5. The molecule has 8 aromatic carbocycles. The van der Waals surface area contributed by atoms with Gasteiger partial charge in [-0.25, -0.2) is 29.6 Å². The molecule has 545 valence electrons. The third-order valence-electron chi connectivity index (χ3n) is 15.8. The van der Waals surface area contributed by atoms with E-state index in [1.54, 1.807) is 79.6 Å².